The number of hydrogen-bond acceptors (Lipinski definition) is 6. The van der Waals surface area contributed by atoms with Gasteiger partial charge in [0.2, 0.25) is 0 Å². The minimum absolute atomic E-state index is 0.104. The van der Waals surface area contributed by atoms with Gasteiger partial charge < -0.3 is 14.2 Å². The molecule has 0 radical (unpaired) electrons. The summed E-state index contributed by atoms with van der Waals surface area (Å²) in [6, 6.07) is 0. The summed E-state index contributed by atoms with van der Waals surface area (Å²) in [5.41, 5.74) is 0. The average Bonchev–Trinajstić information content (AvgIpc) is 3.43. The van der Waals surface area contributed by atoms with Crippen molar-refractivity contribution in [2.24, 2.45) is 0 Å². The topological polar surface area (TPSA) is 78.9 Å². The van der Waals surface area contributed by atoms with Gasteiger partial charge in [-0.2, -0.15) is 0 Å². The molecule has 0 N–H and O–H groups in total. The van der Waals surface area contributed by atoms with E-state index in [1.165, 1.54) is 70.6 Å². The lowest BCUT2D eigenvalue weighted by Crippen LogP contribution is -2.30. The van der Waals surface area contributed by atoms with Crippen molar-refractivity contribution in [3.8, 4) is 0 Å². The molecule has 0 fully saturated rings. The second-order valence-electron chi connectivity index (χ2n) is 20.2. The Hall–Kier alpha value is -4.71. The zero-order valence-electron chi connectivity index (χ0n) is 49.7. The molecule has 1 unspecified atom stereocenters. The van der Waals surface area contributed by atoms with E-state index in [0.717, 1.165) is 148 Å². The largest absolute Gasteiger partial charge is 0.462 e. The van der Waals surface area contributed by atoms with Crippen LogP contribution in [-0.4, -0.2) is 37.2 Å². The van der Waals surface area contributed by atoms with Crippen LogP contribution in [0.2, 0.25) is 0 Å². The van der Waals surface area contributed by atoms with Gasteiger partial charge in [-0.25, -0.2) is 0 Å². The van der Waals surface area contributed by atoms with Crippen LogP contribution in [0, 0.1) is 0 Å². The molecule has 0 aromatic carbocycles. The minimum Gasteiger partial charge on any atom is -0.462 e. The summed E-state index contributed by atoms with van der Waals surface area (Å²) in [5, 5.41) is 0. The Morgan fingerprint density at radius 2 is 0.506 bits per heavy atom. The molecule has 0 aromatic rings. The number of esters is 3. The third-order valence-corrected chi connectivity index (χ3v) is 12.8. The predicted octanol–water partition coefficient (Wildman–Crippen LogP) is 21.5. The summed E-state index contributed by atoms with van der Waals surface area (Å²) in [6.45, 7) is 6.29. The lowest BCUT2D eigenvalue weighted by molar-refractivity contribution is -0.167. The fourth-order valence-corrected chi connectivity index (χ4v) is 8.18. The molecule has 0 saturated heterocycles. The molecule has 1 atom stereocenters. The molecule has 77 heavy (non-hydrogen) atoms. The Labute approximate surface area is 474 Å². The first-order chi connectivity index (χ1) is 38.0. The molecule has 0 amide bonds. The Kier molecular flexibility index (Phi) is 59.9. The summed E-state index contributed by atoms with van der Waals surface area (Å²) >= 11 is 0. The molecule has 0 bridgehead atoms. The van der Waals surface area contributed by atoms with E-state index in [4.69, 9.17) is 14.2 Å². The molecular weight excluding hydrogens is 949 g/mol. The van der Waals surface area contributed by atoms with Crippen LogP contribution in [0.3, 0.4) is 0 Å². The zero-order valence-corrected chi connectivity index (χ0v) is 49.7. The van der Waals surface area contributed by atoms with Gasteiger partial charge in [0, 0.05) is 19.3 Å². The fraction of sp³-hybridized carbons (Fsp3) is 0.620. The third kappa shape index (κ3) is 62.0. The fourth-order valence-electron chi connectivity index (χ4n) is 8.18. The molecule has 0 aliphatic carbocycles. The number of carbonyl (C=O) groups excluding carboxylic acids is 3. The van der Waals surface area contributed by atoms with Crippen molar-refractivity contribution in [2.45, 2.75) is 271 Å². The number of carbonyl (C=O) groups is 3. The standard InChI is InChI=1S/C71H114O6/c1-4-7-10-13-16-19-22-25-27-28-29-30-31-32-33-34-35-36-37-38-39-40-41-42-44-46-49-52-55-58-61-64-70(73)76-67-68(66-75-69(72)63-60-57-54-51-48-45-24-21-18-15-12-9-6-3)77-71(74)65-62-59-56-53-50-47-43-26-23-20-17-14-11-8-5-2/h7-8,10-12,15-17,19-21,24-27,29-30,32-33,35-36,43,50,53,68H,4-6,9,13-14,18,22-23,28,31,34,37-42,44-49,51-52,54-67H2,1-3H3/b10-7-,11-8-,15-12-,19-16-,20-17-,24-21-,27-25-,30-29-,33-32-,36-35-,43-26-,53-50-. The highest BCUT2D eigenvalue weighted by Crippen LogP contribution is 2.15. The second kappa shape index (κ2) is 63.8. The van der Waals surface area contributed by atoms with Gasteiger partial charge in [0.1, 0.15) is 13.2 Å². The number of ether oxygens (including phenoxy) is 3. The molecule has 0 saturated carbocycles. The van der Waals surface area contributed by atoms with Gasteiger partial charge in [-0.1, -0.05) is 256 Å². The SMILES string of the molecule is CC/C=C\C/C=C\C/C=C\C/C=C\C/C=C\C/C=C\CCCCCCCCCCCCCCC(=O)OCC(COC(=O)CCCCCCC/C=C\C/C=C\CCC)OC(=O)CCCC/C=C\C/C=C\C/C=C\C/C=C\CC. The van der Waals surface area contributed by atoms with Crippen molar-refractivity contribution in [3.63, 3.8) is 0 Å². The number of hydrogen-bond donors (Lipinski definition) is 0. The number of rotatable bonds is 55. The minimum atomic E-state index is -0.812. The van der Waals surface area contributed by atoms with Crippen LogP contribution in [0.5, 0.6) is 0 Å². The van der Waals surface area contributed by atoms with Crippen LogP contribution in [0.15, 0.2) is 146 Å². The van der Waals surface area contributed by atoms with Gasteiger partial charge in [0.25, 0.3) is 0 Å². The zero-order chi connectivity index (χ0) is 55.7. The van der Waals surface area contributed by atoms with E-state index in [0.29, 0.717) is 19.3 Å². The maximum absolute atomic E-state index is 12.8. The van der Waals surface area contributed by atoms with Crippen molar-refractivity contribution >= 4 is 17.9 Å². The van der Waals surface area contributed by atoms with Crippen molar-refractivity contribution in [3.05, 3.63) is 146 Å². The van der Waals surface area contributed by atoms with Gasteiger partial charge in [0.05, 0.1) is 0 Å². The van der Waals surface area contributed by atoms with Crippen LogP contribution < -0.4 is 0 Å². The van der Waals surface area contributed by atoms with Crippen LogP contribution in [0.1, 0.15) is 265 Å². The summed E-state index contributed by atoms with van der Waals surface area (Å²) in [6.07, 6.45) is 91.5. The molecule has 0 heterocycles. The highest BCUT2D eigenvalue weighted by atomic mass is 16.6. The molecule has 6 heteroatoms. The average molecular weight is 1060 g/mol. The quantitative estimate of drug-likeness (QED) is 0.0261. The first kappa shape index (κ1) is 72.3. The molecule has 0 aliphatic heterocycles. The van der Waals surface area contributed by atoms with E-state index < -0.39 is 6.10 Å². The summed E-state index contributed by atoms with van der Waals surface area (Å²) in [4.78, 5) is 38.2. The third-order valence-electron chi connectivity index (χ3n) is 12.8. The molecule has 0 spiro atoms. The normalized spacial score (nSPS) is 13.1. The Morgan fingerprint density at radius 1 is 0.273 bits per heavy atom. The van der Waals surface area contributed by atoms with E-state index >= 15 is 0 Å². The monoisotopic (exact) mass is 1060 g/mol. The maximum Gasteiger partial charge on any atom is 0.306 e. The molecule has 434 valence electrons. The van der Waals surface area contributed by atoms with Gasteiger partial charge in [-0.3, -0.25) is 14.4 Å². The highest BCUT2D eigenvalue weighted by Gasteiger charge is 2.19. The van der Waals surface area contributed by atoms with Gasteiger partial charge in [-0.05, 0) is 135 Å². The summed E-state index contributed by atoms with van der Waals surface area (Å²) in [5.74, 6) is -0.965. The summed E-state index contributed by atoms with van der Waals surface area (Å²) < 4.78 is 16.8. The van der Waals surface area contributed by atoms with Crippen LogP contribution in [-0.2, 0) is 28.6 Å². The Bertz CT molecular complexity index is 1700. The number of allylic oxidation sites excluding steroid dienone is 24. The van der Waals surface area contributed by atoms with Gasteiger partial charge in [-0.15, -0.1) is 0 Å². The molecule has 0 aliphatic rings. The van der Waals surface area contributed by atoms with E-state index in [9.17, 15) is 14.4 Å². The highest BCUT2D eigenvalue weighted by molar-refractivity contribution is 5.71. The van der Waals surface area contributed by atoms with Crippen molar-refractivity contribution in [1.82, 2.24) is 0 Å². The van der Waals surface area contributed by atoms with Gasteiger partial charge >= 0.3 is 17.9 Å². The molecular formula is C71H114O6. The number of unbranched alkanes of at least 4 members (excludes halogenated alkanes) is 20. The van der Waals surface area contributed by atoms with Crippen molar-refractivity contribution in [2.75, 3.05) is 13.2 Å². The summed E-state index contributed by atoms with van der Waals surface area (Å²) in [7, 11) is 0. The van der Waals surface area contributed by atoms with E-state index in [1.807, 2.05) is 0 Å². The van der Waals surface area contributed by atoms with Crippen LogP contribution in [0.4, 0.5) is 0 Å². The second-order valence-corrected chi connectivity index (χ2v) is 20.2. The van der Waals surface area contributed by atoms with Gasteiger partial charge in [0.15, 0.2) is 6.10 Å². The first-order valence-corrected chi connectivity index (χ1v) is 31.3. The van der Waals surface area contributed by atoms with Crippen molar-refractivity contribution in [1.29, 1.82) is 0 Å². The molecule has 6 nitrogen and oxygen atoms in total. The van der Waals surface area contributed by atoms with Crippen LogP contribution in [0.25, 0.3) is 0 Å². The lowest BCUT2D eigenvalue weighted by Gasteiger charge is -2.18. The van der Waals surface area contributed by atoms with E-state index in [2.05, 4.69) is 167 Å². The Morgan fingerprint density at radius 3 is 0.818 bits per heavy atom. The Balaban J connectivity index is 4.29. The molecule has 0 aromatic heterocycles. The van der Waals surface area contributed by atoms with Crippen LogP contribution >= 0.6 is 0 Å². The predicted molar refractivity (Wildman–Crippen MR) is 334 cm³/mol. The van der Waals surface area contributed by atoms with Crippen molar-refractivity contribution < 1.29 is 28.6 Å². The smallest absolute Gasteiger partial charge is 0.306 e. The van der Waals surface area contributed by atoms with E-state index in [1.54, 1.807) is 0 Å². The lowest BCUT2D eigenvalue weighted by atomic mass is 10.0. The molecule has 0 rings (SSSR count). The first-order valence-electron chi connectivity index (χ1n) is 31.3. The maximum atomic E-state index is 12.8. The van der Waals surface area contributed by atoms with E-state index in [-0.39, 0.29) is 37.5 Å².